The molecule has 0 bridgehead atoms. The minimum absolute atomic E-state index is 0.0185. The lowest BCUT2D eigenvalue weighted by Gasteiger charge is -2.25. The number of nitrogens with zero attached hydrogens (tertiary/aromatic N) is 1. The summed E-state index contributed by atoms with van der Waals surface area (Å²) in [6, 6.07) is 9.36. The van der Waals surface area contributed by atoms with E-state index in [0.29, 0.717) is 11.3 Å². The second-order valence-electron chi connectivity index (χ2n) is 9.57. The van der Waals surface area contributed by atoms with Crippen molar-refractivity contribution < 1.29 is 39.3 Å². The predicted octanol–water partition coefficient (Wildman–Crippen LogP) is -0.516. The number of carboxylic acids is 2. The fraction of sp³-hybridized carbons (Fsp3) is 0.286. The predicted molar refractivity (Wildman–Crippen MR) is 148 cm³/mol. The number of aromatic amines is 1. The van der Waals surface area contributed by atoms with E-state index in [1.54, 1.807) is 24.3 Å². The number of imidazole rings is 1. The number of hydrogen-bond acceptors (Lipinski definition) is 8. The summed E-state index contributed by atoms with van der Waals surface area (Å²) in [6.45, 7) is 0. The largest absolute Gasteiger partial charge is 0.508 e. The lowest BCUT2D eigenvalue weighted by Crippen LogP contribution is -2.58. The van der Waals surface area contributed by atoms with Gasteiger partial charge in [0.15, 0.2) is 0 Å². The van der Waals surface area contributed by atoms with Crippen LogP contribution in [0.1, 0.15) is 23.2 Å². The first-order valence-electron chi connectivity index (χ1n) is 12.9. The molecule has 14 heteroatoms. The number of amides is 3. The van der Waals surface area contributed by atoms with Crippen LogP contribution in [0.2, 0.25) is 0 Å². The number of aromatic nitrogens is 2. The van der Waals surface area contributed by atoms with Crippen molar-refractivity contribution >= 4 is 29.7 Å². The summed E-state index contributed by atoms with van der Waals surface area (Å²) in [6.07, 6.45) is 1.76. The van der Waals surface area contributed by atoms with Crippen molar-refractivity contribution in [3.05, 3.63) is 83.9 Å². The van der Waals surface area contributed by atoms with E-state index in [-0.39, 0.29) is 25.0 Å². The van der Waals surface area contributed by atoms with Crippen molar-refractivity contribution in [2.45, 2.75) is 49.9 Å². The molecule has 222 valence electrons. The van der Waals surface area contributed by atoms with Gasteiger partial charge in [0.1, 0.15) is 23.9 Å². The third-order valence-electron chi connectivity index (χ3n) is 6.25. The molecule has 1 aromatic heterocycles. The number of rotatable bonds is 15. The summed E-state index contributed by atoms with van der Waals surface area (Å²) in [5.74, 6) is -5.45. The topological polar surface area (TPSA) is 237 Å². The Bertz CT molecular complexity index is 1360. The normalized spacial score (nSPS) is 13.6. The summed E-state index contributed by atoms with van der Waals surface area (Å²) in [7, 11) is 0. The Morgan fingerprint density at radius 3 is 1.95 bits per heavy atom. The Kier molecular flexibility index (Phi) is 11.1. The van der Waals surface area contributed by atoms with Crippen LogP contribution in [0.15, 0.2) is 67.1 Å². The lowest BCUT2D eigenvalue weighted by molar-refractivity contribution is -0.143. The molecule has 0 fully saturated rings. The molecule has 0 saturated heterocycles. The Hall–Kier alpha value is -5.24. The van der Waals surface area contributed by atoms with Crippen molar-refractivity contribution in [1.82, 2.24) is 25.9 Å². The van der Waals surface area contributed by atoms with Crippen molar-refractivity contribution in [1.29, 1.82) is 0 Å². The molecule has 4 atom stereocenters. The number of hydrogen-bond donors (Lipinski definition) is 8. The molecule has 9 N–H and O–H groups in total. The van der Waals surface area contributed by atoms with Crippen molar-refractivity contribution in [2.24, 2.45) is 5.73 Å². The molecular formula is C28H32N6O8. The average Bonchev–Trinajstić information content (AvgIpc) is 3.46. The van der Waals surface area contributed by atoms with Crippen molar-refractivity contribution in [3.63, 3.8) is 0 Å². The number of aliphatic carboxylic acids is 2. The van der Waals surface area contributed by atoms with Gasteiger partial charge in [0.05, 0.1) is 18.8 Å². The first kappa shape index (κ1) is 31.3. The number of carbonyl (C=O) groups excluding carboxylic acids is 3. The Labute approximate surface area is 240 Å². The van der Waals surface area contributed by atoms with Gasteiger partial charge < -0.3 is 42.0 Å². The van der Waals surface area contributed by atoms with Crippen molar-refractivity contribution in [2.75, 3.05) is 0 Å². The van der Waals surface area contributed by atoms with Gasteiger partial charge in [-0.25, -0.2) is 9.78 Å². The Morgan fingerprint density at radius 2 is 1.36 bits per heavy atom. The maximum atomic E-state index is 13.4. The number of carbonyl (C=O) groups is 5. The maximum absolute atomic E-state index is 13.4. The first-order chi connectivity index (χ1) is 20.0. The number of phenols is 1. The standard InChI is InChI=1S/C28H32N6O8/c29-20(10-16-4-2-1-3-5-16)25(38)32-21(11-17-6-8-19(35)9-7-17)26(39)33-22(13-24(36)37)27(40)34-23(28(41)42)12-18-14-30-15-31-18/h1-9,14-15,20-23,35H,10-13,29H2,(H,30,31)(H,32,38)(H,33,39)(H,34,40)(H,36,37)(H,41,42). The van der Waals surface area contributed by atoms with Crippen LogP contribution in [0, 0.1) is 0 Å². The molecule has 0 aliphatic carbocycles. The highest BCUT2D eigenvalue weighted by Gasteiger charge is 2.32. The summed E-state index contributed by atoms with van der Waals surface area (Å²) in [5.41, 5.74) is 7.82. The first-order valence-corrected chi connectivity index (χ1v) is 12.9. The SMILES string of the molecule is NC(Cc1ccccc1)C(=O)NC(Cc1ccc(O)cc1)C(=O)NC(CC(=O)O)C(=O)NC(Cc1cnc[nH]1)C(=O)O. The highest BCUT2D eigenvalue weighted by atomic mass is 16.4. The van der Waals surface area contributed by atoms with Crippen LogP contribution >= 0.6 is 0 Å². The molecule has 42 heavy (non-hydrogen) atoms. The smallest absolute Gasteiger partial charge is 0.326 e. The fourth-order valence-electron chi connectivity index (χ4n) is 4.06. The van der Waals surface area contributed by atoms with Gasteiger partial charge in [-0.2, -0.15) is 0 Å². The monoisotopic (exact) mass is 580 g/mol. The van der Waals surface area contributed by atoms with E-state index in [4.69, 9.17) is 5.73 Å². The fourth-order valence-corrected chi connectivity index (χ4v) is 4.06. The van der Waals surface area contributed by atoms with E-state index in [9.17, 15) is 39.3 Å². The van der Waals surface area contributed by atoms with E-state index < -0.39 is 60.2 Å². The number of nitrogens with two attached hydrogens (primary N) is 1. The zero-order chi connectivity index (χ0) is 30.6. The van der Waals surface area contributed by atoms with Gasteiger partial charge in [-0.1, -0.05) is 42.5 Å². The molecule has 3 aromatic rings. The van der Waals surface area contributed by atoms with E-state index >= 15 is 0 Å². The van der Waals surface area contributed by atoms with Crippen molar-refractivity contribution in [3.8, 4) is 5.75 Å². The van der Waals surface area contributed by atoms with Gasteiger partial charge in [-0.3, -0.25) is 19.2 Å². The molecule has 2 aromatic carbocycles. The minimum atomic E-state index is -1.67. The number of H-pyrrole nitrogens is 1. The highest BCUT2D eigenvalue weighted by molar-refractivity contribution is 5.95. The van der Waals surface area contributed by atoms with E-state index in [0.717, 1.165) is 5.56 Å². The zero-order valence-electron chi connectivity index (χ0n) is 22.4. The van der Waals surface area contributed by atoms with Gasteiger partial charge in [0.25, 0.3) is 0 Å². The number of nitrogens with one attached hydrogen (secondary N) is 4. The summed E-state index contributed by atoms with van der Waals surface area (Å²) in [4.78, 5) is 69.1. The second kappa shape index (κ2) is 14.9. The van der Waals surface area contributed by atoms with E-state index in [2.05, 4.69) is 25.9 Å². The molecule has 0 aliphatic heterocycles. The molecule has 14 nitrogen and oxygen atoms in total. The summed E-state index contributed by atoms with van der Waals surface area (Å²) in [5, 5.41) is 35.7. The van der Waals surface area contributed by atoms with E-state index in [1.807, 2.05) is 6.07 Å². The molecule has 0 saturated carbocycles. The molecule has 3 amide bonds. The van der Waals surface area contributed by atoms with Crippen LogP contribution in [-0.4, -0.2) is 79.1 Å². The number of aromatic hydroxyl groups is 1. The lowest BCUT2D eigenvalue weighted by atomic mass is 10.0. The number of phenolic OH excluding ortho intramolecular Hbond substituents is 1. The number of carboxylic acid groups (broad SMARTS) is 2. The van der Waals surface area contributed by atoms with Crippen LogP contribution in [0.3, 0.4) is 0 Å². The second-order valence-corrected chi connectivity index (χ2v) is 9.57. The van der Waals surface area contributed by atoms with Gasteiger partial charge in [0, 0.05) is 24.7 Å². The third-order valence-corrected chi connectivity index (χ3v) is 6.25. The Morgan fingerprint density at radius 1 is 0.762 bits per heavy atom. The van der Waals surface area contributed by atoms with Crippen LogP contribution in [0.5, 0.6) is 5.75 Å². The van der Waals surface area contributed by atoms with E-state index in [1.165, 1.54) is 36.8 Å². The maximum Gasteiger partial charge on any atom is 0.326 e. The zero-order valence-corrected chi connectivity index (χ0v) is 22.4. The molecule has 3 rings (SSSR count). The minimum Gasteiger partial charge on any atom is -0.508 e. The van der Waals surface area contributed by atoms with Crippen LogP contribution < -0.4 is 21.7 Å². The quantitative estimate of drug-likeness (QED) is 0.114. The molecule has 4 unspecified atom stereocenters. The van der Waals surface area contributed by atoms with Gasteiger partial charge >= 0.3 is 11.9 Å². The molecular weight excluding hydrogens is 548 g/mol. The van der Waals surface area contributed by atoms with Crippen LogP contribution in [0.25, 0.3) is 0 Å². The summed E-state index contributed by atoms with van der Waals surface area (Å²) < 4.78 is 0. The third kappa shape index (κ3) is 9.75. The molecule has 0 aliphatic rings. The van der Waals surface area contributed by atoms with Gasteiger partial charge in [-0.05, 0) is 29.7 Å². The number of benzene rings is 2. The average molecular weight is 581 g/mol. The molecule has 0 radical (unpaired) electrons. The van der Waals surface area contributed by atoms with Crippen LogP contribution in [-0.2, 0) is 43.2 Å². The molecule has 1 heterocycles. The summed E-state index contributed by atoms with van der Waals surface area (Å²) >= 11 is 0. The highest BCUT2D eigenvalue weighted by Crippen LogP contribution is 2.12. The van der Waals surface area contributed by atoms with Gasteiger partial charge in [0.2, 0.25) is 17.7 Å². The van der Waals surface area contributed by atoms with Gasteiger partial charge in [-0.15, -0.1) is 0 Å². The molecule has 0 spiro atoms. The Balaban J connectivity index is 1.77. The van der Waals surface area contributed by atoms with Crippen LogP contribution in [0.4, 0.5) is 0 Å².